The monoisotopic (exact) mass is 248 g/mol. The standard InChI is InChI=1S/C10H16O7/c1-6(12)17-9-8(14-3)7(13-2)4-15-10(9)16-5-11/h5,7-10H,4H2,1-3H3/t7-,8+,9-,10?/m1/s1. The lowest BCUT2D eigenvalue weighted by molar-refractivity contribution is -0.270. The molecule has 0 N–H and O–H groups in total. The van der Waals surface area contributed by atoms with Crippen molar-refractivity contribution in [3.63, 3.8) is 0 Å². The summed E-state index contributed by atoms with van der Waals surface area (Å²) in [6.45, 7) is 1.67. The minimum absolute atomic E-state index is 0.186. The zero-order chi connectivity index (χ0) is 12.8. The first-order valence-corrected chi connectivity index (χ1v) is 5.07. The fourth-order valence-corrected chi connectivity index (χ4v) is 1.72. The molecular weight excluding hydrogens is 232 g/mol. The first-order chi connectivity index (χ1) is 8.13. The van der Waals surface area contributed by atoms with E-state index < -0.39 is 30.6 Å². The van der Waals surface area contributed by atoms with Crippen molar-refractivity contribution < 1.29 is 33.3 Å². The summed E-state index contributed by atoms with van der Waals surface area (Å²) in [5, 5.41) is 0. The highest BCUT2D eigenvalue weighted by Gasteiger charge is 2.44. The van der Waals surface area contributed by atoms with Crippen LogP contribution in [0.2, 0.25) is 0 Å². The highest BCUT2D eigenvalue weighted by atomic mass is 16.7. The molecule has 1 fully saturated rings. The summed E-state index contributed by atoms with van der Waals surface area (Å²) < 4.78 is 25.3. The molecule has 0 saturated carbocycles. The van der Waals surface area contributed by atoms with Crippen LogP contribution in [-0.4, -0.2) is 57.9 Å². The van der Waals surface area contributed by atoms with E-state index in [4.69, 9.17) is 23.7 Å². The van der Waals surface area contributed by atoms with Gasteiger partial charge in [0.1, 0.15) is 12.2 Å². The third-order valence-corrected chi connectivity index (χ3v) is 2.45. The third-order valence-electron chi connectivity index (χ3n) is 2.45. The first kappa shape index (κ1) is 13.9. The number of rotatable bonds is 5. The fourth-order valence-electron chi connectivity index (χ4n) is 1.72. The van der Waals surface area contributed by atoms with E-state index in [1.807, 2.05) is 0 Å². The molecule has 1 saturated heterocycles. The van der Waals surface area contributed by atoms with Gasteiger partial charge in [-0.2, -0.15) is 0 Å². The van der Waals surface area contributed by atoms with E-state index in [1.165, 1.54) is 21.1 Å². The Morgan fingerprint density at radius 2 is 2.00 bits per heavy atom. The molecule has 0 spiro atoms. The second-order valence-corrected chi connectivity index (χ2v) is 3.48. The Balaban J connectivity index is 2.81. The van der Waals surface area contributed by atoms with Crippen molar-refractivity contribution in [3.05, 3.63) is 0 Å². The summed E-state index contributed by atoms with van der Waals surface area (Å²) in [4.78, 5) is 21.3. The van der Waals surface area contributed by atoms with Crippen LogP contribution in [0.5, 0.6) is 0 Å². The minimum Gasteiger partial charge on any atom is -0.453 e. The Morgan fingerprint density at radius 1 is 1.29 bits per heavy atom. The largest absolute Gasteiger partial charge is 0.453 e. The van der Waals surface area contributed by atoms with Crippen LogP contribution in [0.25, 0.3) is 0 Å². The summed E-state index contributed by atoms with van der Waals surface area (Å²) in [5.74, 6) is -0.517. The molecular formula is C10H16O7. The molecule has 7 heteroatoms. The molecule has 1 aliphatic rings. The topological polar surface area (TPSA) is 80.3 Å². The van der Waals surface area contributed by atoms with E-state index in [0.29, 0.717) is 0 Å². The summed E-state index contributed by atoms with van der Waals surface area (Å²) in [7, 11) is 2.95. The van der Waals surface area contributed by atoms with Crippen LogP contribution < -0.4 is 0 Å². The zero-order valence-corrected chi connectivity index (χ0v) is 9.95. The Morgan fingerprint density at radius 3 is 2.47 bits per heavy atom. The van der Waals surface area contributed by atoms with Crippen LogP contribution in [-0.2, 0) is 33.3 Å². The van der Waals surface area contributed by atoms with E-state index in [2.05, 4.69) is 0 Å². The van der Waals surface area contributed by atoms with Gasteiger partial charge in [0.2, 0.25) is 6.29 Å². The van der Waals surface area contributed by atoms with Crippen molar-refractivity contribution in [1.82, 2.24) is 0 Å². The molecule has 0 radical (unpaired) electrons. The van der Waals surface area contributed by atoms with Gasteiger partial charge >= 0.3 is 5.97 Å². The number of esters is 1. The van der Waals surface area contributed by atoms with Crippen molar-refractivity contribution in [2.24, 2.45) is 0 Å². The molecule has 7 nitrogen and oxygen atoms in total. The molecule has 17 heavy (non-hydrogen) atoms. The second kappa shape index (κ2) is 6.53. The van der Waals surface area contributed by atoms with Gasteiger partial charge in [0, 0.05) is 21.1 Å². The van der Waals surface area contributed by atoms with E-state index in [9.17, 15) is 9.59 Å². The predicted molar refractivity (Wildman–Crippen MR) is 54.0 cm³/mol. The second-order valence-electron chi connectivity index (χ2n) is 3.48. The first-order valence-electron chi connectivity index (χ1n) is 5.07. The van der Waals surface area contributed by atoms with Gasteiger partial charge in [0.15, 0.2) is 6.10 Å². The number of hydrogen-bond donors (Lipinski definition) is 0. The number of carbonyl (C=O) groups is 2. The summed E-state index contributed by atoms with van der Waals surface area (Å²) in [6, 6.07) is 0. The lowest BCUT2D eigenvalue weighted by Crippen LogP contribution is -2.56. The van der Waals surface area contributed by atoms with E-state index in [1.54, 1.807) is 0 Å². The maximum absolute atomic E-state index is 11.0. The normalized spacial score (nSPS) is 32.9. The zero-order valence-electron chi connectivity index (χ0n) is 9.95. The van der Waals surface area contributed by atoms with Gasteiger partial charge in [-0.05, 0) is 0 Å². The van der Waals surface area contributed by atoms with Gasteiger partial charge in [-0.15, -0.1) is 0 Å². The minimum atomic E-state index is -0.979. The SMILES string of the molecule is CO[C@H]1[C@H](OC)COC(OC=O)[C@@H]1OC(C)=O. The average molecular weight is 248 g/mol. The maximum Gasteiger partial charge on any atom is 0.303 e. The van der Waals surface area contributed by atoms with E-state index in [-0.39, 0.29) is 13.1 Å². The van der Waals surface area contributed by atoms with Gasteiger partial charge in [0.25, 0.3) is 6.47 Å². The maximum atomic E-state index is 11.0. The van der Waals surface area contributed by atoms with Gasteiger partial charge < -0.3 is 23.7 Å². The number of methoxy groups -OCH3 is 2. The van der Waals surface area contributed by atoms with Crippen molar-refractivity contribution in [2.45, 2.75) is 31.5 Å². The third kappa shape index (κ3) is 3.39. The highest BCUT2D eigenvalue weighted by molar-refractivity contribution is 5.66. The predicted octanol–water partition coefficient (Wildman–Crippen LogP) is -0.523. The van der Waals surface area contributed by atoms with Gasteiger partial charge in [0.05, 0.1) is 6.61 Å². The van der Waals surface area contributed by atoms with Crippen LogP contribution in [0, 0.1) is 0 Å². The number of carbonyl (C=O) groups excluding carboxylic acids is 2. The molecule has 0 aliphatic carbocycles. The average Bonchev–Trinajstić information content (AvgIpc) is 2.30. The lowest BCUT2D eigenvalue weighted by Gasteiger charge is -2.39. The van der Waals surface area contributed by atoms with Crippen molar-refractivity contribution in [2.75, 3.05) is 20.8 Å². The Bertz CT molecular complexity index is 267. The summed E-state index contributed by atoms with van der Waals surface area (Å²) in [6.07, 6.45) is -2.77. The molecule has 0 bridgehead atoms. The van der Waals surface area contributed by atoms with Crippen LogP contribution in [0.4, 0.5) is 0 Å². The van der Waals surface area contributed by atoms with Crippen LogP contribution in [0.1, 0.15) is 6.92 Å². The van der Waals surface area contributed by atoms with Gasteiger partial charge in [-0.1, -0.05) is 0 Å². The van der Waals surface area contributed by atoms with Crippen molar-refractivity contribution in [3.8, 4) is 0 Å². The van der Waals surface area contributed by atoms with E-state index >= 15 is 0 Å². The molecule has 4 atom stereocenters. The lowest BCUT2D eigenvalue weighted by atomic mass is 10.0. The molecule has 0 aromatic heterocycles. The van der Waals surface area contributed by atoms with Crippen molar-refractivity contribution in [1.29, 1.82) is 0 Å². The molecule has 1 rings (SSSR count). The fraction of sp³-hybridized carbons (Fsp3) is 0.800. The van der Waals surface area contributed by atoms with Gasteiger partial charge in [-0.25, -0.2) is 0 Å². The Labute approximate surface area is 98.9 Å². The van der Waals surface area contributed by atoms with Crippen LogP contribution in [0.3, 0.4) is 0 Å². The van der Waals surface area contributed by atoms with Crippen LogP contribution in [0.15, 0.2) is 0 Å². The number of hydrogen-bond acceptors (Lipinski definition) is 7. The highest BCUT2D eigenvalue weighted by Crippen LogP contribution is 2.23. The molecule has 1 heterocycles. The number of ether oxygens (including phenoxy) is 5. The Kier molecular flexibility index (Phi) is 5.33. The smallest absolute Gasteiger partial charge is 0.303 e. The molecule has 0 aromatic carbocycles. The van der Waals surface area contributed by atoms with Gasteiger partial charge in [-0.3, -0.25) is 9.59 Å². The van der Waals surface area contributed by atoms with Crippen LogP contribution >= 0.6 is 0 Å². The van der Waals surface area contributed by atoms with E-state index in [0.717, 1.165) is 0 Å². The summed E-state index contributed by atoms with van der Waals surface area (Å²) in [5.41, 5.74) is 0. The molecule has 0 amide bonds. The Hall–Kier alpha value is -1.18. The van der Waals surface area contributed by atoms with Crippen molar-refractivity contribution >= 4 is 12.4 Å². The molecule has 1 aliphatic heterocycles. The summed E-state index contributed by atoms with van der Waals surface area (Å²) >= 11 is 0. The molecule has 1 unspecified atom stereocenters. The molecule has 0 aromatic rings. The molecule has 98 valence electrons. The quantitative estimate of drug-likeness (QED) is 0.478.